The number of nitrogens with zero attached hydrogens (tertiary/aromatic N) is 3. The number of rotatable bonds is 3. The van der Waals surface area contributed by atoms with Crippen LogP contribution in [0.4, 0.5) is 0 Å². The molecule has 0 spiro atoms. The Morgan fingerprint density at radius 1 is 1.00 bits per heavy atom. The molecule has 0 bridgehead atoms. The second kappa shape index (κ2) is 5.00. The van der Waals surface area contributed by atoms with E-state index in [9.17, 15) is 10.2 Å². The number of aromatic nitrogens is 3. The number of aromatic hydroxyl groups is 2. The summed E-state index contributed by atoms with van der Waals surface area (Å²) in [6.07, 6.45) is 3.94. The Bertz CT molecular complexity index is 726. The fourth-order valence-corrected chi connectivity index (χ4v) is 1.78. The normalized spacial score (nSPS) is 10.6. The molecule has 100 valence electrons. The van der Waals surface area contributed by atoms with Crippen molar-refractivity contribution >= 4 is 0 Å². The molecule has 0 radical (unpaired) electrons. The lowest BCUT2D eigenvalue weighted by Gasteiger charge is -1.98. The standard InChI is InChI=1S/C14H11N3O3/c18-11-2-1-10(8-12(11)19)14-16-13(17-20-14)7-9-3-5-15-6-4-9/h1-6,8,18-19H,7H2. The Morgan fingerprint density at radius 2 is 1.80 bits per heavy atom. The van der Waals surface area contributed by atoms with Crippen LogP contribution in [0.2, 0.25) is 0 Å². The highest BCUT2D eigenvalue weighted by atomic mass is 16.5. The Morgan fingerprint density at radius 3 is 2.55 bits per heavy atom. The van der Waals surface area contributed by atoms with Crippen LogP contribution in [-0.4, -0.2) is 25.3 Å². The highest BCUT2D eigenvalue weighted by molar-refractivity contribution is 5.58. The quantitative estimate of drug-likeness (QED) is 0.708. The molecule has 0 atom stereocenters. The van der Waals surface area contributed by atoms with Gasteiger partial charge in [-0.25, -0.2) is 0 Å². The fourth-order valence-electron chi connectivity index (χ4n) is 1.78. The van der Waals surface area contributed by atoms with E-state index in [2.05, 4.69) is 15.1 Å². The number of pyridine rings is 1. The molecular weight excluding hydrogens is 258 g/mol. The average molecular weight is 269 g/mol. The predicted molar refractivity (Wildman–Crippen MR) is 70.1 cm³/mol. The Balaban J connectivity index is 1.84. The highest BCUT2D eigenvalue weighted by Gasteiger charge is 2.11. The van der Waals surface area contributed by atoms with Gasteiger partial charge in [-0.2, -0.15) is 4.98 Å². The molecule has 3 aromatic rings. The molecular formula is C14H11N3O3. The first kappa shape index (κ1) is 12.2. The molecule has 0 aliphatic heterocycles. The zero-order valence-corrected chi connectivity index (χ0v) is 10.4. The summed E-state index contributed by atoms with van der Waals surface area (Å²) in [6, 6.07) is 8.10. The van der Waals surface area contributed by atoms with Gasteiger partial charge in [0.15, 0.2) is 17.3 Å². The third-order valence-corrected chi connectivity index (χ3v) is 2.80. The van der Waals surface area contributed by atoms with Crippen LogP contribution < -0.4 is 0 Å². The number of hydrogen-bond donors (Lipinski definition) is 2. The van der Waals surface area contributed by atoms with Crippen LogP contribution in [0.3, 0.4) is 0 Å². The summed E-state index contributed by atoms with van der Waals surface area (Å²) in [4.78, 5) is 8.20. The van der Waals surface area contributed by atoms with Crippen molar-refractivity contribution in [2.24, 2.45) is 0 Å². The third-order valence-electron chi connectivity index (χ3n) is 2.80. The molecule has 2 aromatic heterocycles. The summed E-state index contributed by atoms with van der Waals surface area (Å²) < 4.78 is 5.15. The summed E-state index contributed by atoms with van der Waals surface area (Å²) in [5.41, 5.74) is 1.58. The molecule has 0 aliphatic carbocycles. The molecule has 6 heteroatoms. The van der Waals surface area contributed by atoms with Crippen molar-refractivity contribution in [3.8, 4) is 23.0 Å². The van der Waals surface area contributed by atoms with Crippen LogP contribution in [0.1, 0.15) is 11.4 Å². The topological polar surface area (TPSA) is 92.3 Å². The van der Waals surface area contributed by atoms with E-state index in [0.29, 0.717) is 23.7 Å². The van der Waals surface area contributed by atoms with Gasteiger partial charge in [0.05, 0.1) is 0 Å². The van der Waals surface area contributed by atoms with Crippen molar-refractivity contribution in [2.45, 2.75) is 6.42 Å². The zero-order chi connectivity index (χ0) is 13.9. The lowest BCUT2D eigenvalue weighted by molar-refractivity contribution is 0.402. The monoisotopic (exact) mass is 269 g/mol. The zero-order valence-electron chi connectivity index (χ0n) is 10.4. The molecule has 0 unspecified atom stereocenters. The number of phenolic OH excluding ortho intramolecular Hbond substituents is 2. The molecule has 0 saturated carbocycles. The van der Waals surface area contributed by atoms with Crippen molar-refractivity contribution in [2.75, 3.05) is 0 Å². The van der Waals surface area contributed by atoms with Crippen molar-refractivity contribution < 1.29 is 14.7 Å². The summed E-state index contributed by atoms with van der Waals surface area (Å²) in [5, 5.41) is 22.6. The molecule has 6 nitrogen and oxygen atoms in total. The second-order valence-corrected chi connectivity index (χ2v) is 4.25. The van der Waals surface area contributed by atoms with Gasteiger partial charge in [-0.1, -0.05) is 5.16 Å². The van der Waals surface area contributed by atoms with Crippen molar-refractivity contribution in [3.63, 3.8) is 0 Å². The van der Waals surface area contributed by atoms with Crippen LogP contribution in [0, 0.1) is 0 Å². The van der Waals surface area contributed by atoms with Crippen LogP contribution in [0.15, 0.2) is 47.2 Å². The molecule has 0 saturated heterocycles. The van der Waals surface area contributed by atoms with Gasteiger partial charge < -0.3 is 14.7 Å². The second-order valence-electron chi connectivity index (χ2n) is 4.25. The van der Waals surface area contributed by atoms with Gasteiger partial charge in [-0.3, -0.25) is 4.98 Å². The molecule has 0 aliphatic rings. The first-order valence-electron chi connectivity index (χ1n) is 5.96. The van der Waals surface area contributed by atoms with Crippen molar-refractivity contribution in [3.05, 3.63) is 54.1 Å². The summed E-state index contributed by atoms with van der Waals surface area (Å²) in [5.74, 6) is 0.421. The number of phenols is 2. The van der Waals surface area contributed by atoms with Crippen LogP contribution in [0.5, 0.6) is 11.5 Å². The van der Waals surface area contributed by atoms with E-state index in [1.807, 2.05) is 12.1 Å². The van der Waals surface area contributed by atoms with Gasteiger partial charge in [-0.15, -0.1) is 0 Å². The minimum absolute atomic E-state index is 0.190. The summed E-state index contributed by atoms with van der Waals surface area (Å²) in [7, 11) is 0. The minimum Gasteiger partial charge on any atom is -0.504 e. The maximum absolute atomic E-state index is 9.46. The maximum Gasteiger partial charge on any atom is 0.258 e. The first-order chi connectivity index (χ1) is 9.72. The van der Waals surface area contributed by atoms with Crippen LogP contribution >= 0.6 is 0 Å². The molecule has 0 amide bonds. The van der Waals surface area contributed by atoms with E-state index in [1.165, 1.54) is 12.1 Å². The van der Waals surface area contributed by atoms with Crippen molar-refractivity contribution in [1.82, 2.24) is 15.1 Å². The average Bonchev–Trinajstić information content (AvgIpc) is 2.91. The minimum atomic E-state index is -0.226. The highest BCUT2D eigenvalue weighted by Crippen LogP contribution is 2.29. The lowest BCUT2D eigenvalue weighted by Crippen LogP contribution is -1.90. The van der Waals surface area contributed by atoms with E-state index < -0.39 is 0 Å². The van der Waals surface area contributed by atoms with E-state index in [0.717, 1.165) is 5.56 Å². The van der Waals surface area contributed by atoms with E-state index in [1.54, 1.807) is 18.5 Å². The van der Waals surface area contributed by atoms with Crippen molar-refractivity contribution in [1.29, 1.82) is 0 Å². The first-order valence-corrected chi connectivity index (χ1v) is 5.96. The predicted octanol–water partition coefficient (Wildman–Crippen LogP) is 2.13. The molecule has 0 fully saturated rings. The maximum atomic E-state index is 9.46. The van der Waals surface area contributed by atoms with E-state index in [4.69, 9.17) is 4.52 Å². The van der Waals surface area contributed by atoms with Gasteiger partial charge >= 0.3 is 0 Å². The van der Waals surface area contributed by atoms with Gasteiger partial charge in [0.25, 0.3) is 5.89 Å². The molecule has 3 rings (SSSR count). The molecule has 20 heavy (non-hydrogen) atoms. The van der Waals surface area contributed by atoms with Crippen LogP contribution in [-0.2, 0) is 6.42 Å². The number of hydrogen-bond acceptors (Lipinski definition) is 6. The van der Waals surface area contributed by atoms with Gasteiger partial charge in [0.2, 0.25) is 0 Å². The van der Waals surface area contributed by atoms with E-state index in [-0.39, 0.29) is 11.5 Å². The fraction of sp³-hybridized carbons (Fsp3) is 0.0714. The smallest absolute Gasteiger partial charge is 0.258 e. The number of benzene rings is 1. The third kappa shape index (κ3) is 2.44. The molecule has 2 N–H and O–H groups in total. The van der Waals surface area contributed by atoms with Gasteiger partial charge in [-0.05, 0) is 35.9 Å². The summed E-state index contributed by atoms with van der Waals surface area (Å²) >= 11 is 0. The molecule has 1 aromatic carbocycles. The lowest BCUT2D eigenvalue weighted by atomic mass is 10.2. The Kier molecular flexibility index (Phi) is 3.04. The van der Waals surface area contributed by atoms with Gasteiger partial charge in [0, 0.05) is 24.4 Å². The summed E-state index contributed by atoms with van der Waals surface area (Å²) in [6.45, 7) is 0. The Hall–Kier alpha value is -2.89. The van der Waals surface area contributed by atoms with E-state index >= 15 is 0 Å². The SMILES string of the molecule is Oc1ccc(-c2nc(Cc3ccncc3)no2)cc1O. The molecule has 2 heterocycles. The van der Waals surface area contributed by atoms with Gasteiger partial charge in [0.1, 0.15) is 0 Å². The largest absolute Gasteiger partial charge is 0.504 e. The van der Waals surface area contributed by atoms with Crippen LogP contribution in [0.25, 0.3) is 11.5 Å². The Labute approximate surface area is 114 Å².